The van der Waals surface area contributed by atoms with Gasteiger partial charge in [0, 0.05) is 0 Å². The molecule has 0 radical (unpaired) electrons. The number of esters is 1. The van der Waals surface area contributed by atoms with Crippen LogP contribution in [0.1, 0.15) is 45.8 Å². The largest absolute Gasteiger partial charge is 0.460 e. The third kappa shape index (κ3) is 4.88. The highest BCUT2D eigenvalue weighted by atomic mass is 16.6. The number of aliphatic hydroxyl groups is 1. The summed E-state index contributed by atoms with van der Waals surface area (Å²) in [5.74, 6) is -0.586. The van der Waals surface area contributed by atoms with E-state index in [4.69, 9.17) is 4.74 Å². The average Bonchev–Trinajstić information content (AvgIpc) is 2.27. The monoisotopic (exact) mass is 250 g/mol. The first-order valence-corrected chi connectivity index (χ1v) is 6.25. The number of hydrogen-bond donors (Lipinski definition) is 1. The van der Waals surface area contributed by atoms with Gasteiger partial charge in [0.05, 0.1) is 12.0 Å². The van der Waals surface area contributed by atoms with Crippen molar-refractivity contribution in [3.63, 3.8) is 0 Å². The van der Waals surface area contributed by atoms with E-state index >= 15 is 0 Å². The van der Waals surface area contributed by atoms with Crippen LogP contribution in [0.25, 0.3) is 0 Å². The molecule has 0 aliphatic rings. The highest BCUT2D eigenvalue weighted by Gasteiger charge is 2.24. The molecule has 100 valence electrons. The first-order chi connectivity index (χ1) is 8.29. The molecular weight excluding hydrogens is 228 g/mol. The van der Waals surface area contributed by atoms with Gasteiger partial charge in [-0.2, -0.15) is 0 Å². The van der Waals surface area contributed by atoms with Crippen molar-refractivity contribution in [1.82, 2.24) is 0 Å². The molecule has 1 N–H and O–H groups in total. The number of carbonyl (C=O) groups is 1. The lowest BCUT2D eigenvalue weighted by atomic mass is 9.98. The van der Waals surface area contributed by atoms with Crippen LogP contribution in [0.2, 0.25) is 0 Å². The smallest absolute Gasteiger partial charge is 0.309 e. The van der Waals surface area contributed by atoms with Gasteiger partial charge in [-0.05, 0) is 32.8 Å². The van der Waals surface area contributed by atoms with Gasteiger partial charge in [0.25, 0.3) is 0 Å². The minimum Gasteiger partial charge on any atom is -0.460 e. The van der Waals surface area contributed by atoms with Gasteiger partial charge >= 0.3 is 5.97 Å². The van der Waals surface area contributed by atoms with Crippen molar-refractivity contribution < 1.29 is 14.6 Å². The van der Waals surface area contributed by atoms with Gasteiger partial charge in [-0.25, -0.2) is 0 Å². The Balaban J connectivity index is 2.55. The molecule has 0 aromatic heterocycles. The first-order valence-electron chi connectivity index (χ1n) is 6.25. The van der Waals surface area contributed by atoms with Gasteiger partial charge in [0.15, 0.2) is 0 Å². The summed E-state index contributed by atoms with van der Waals surface area (Å²) in [6.07, 6.45) is -0.257. The summed E-state index contributed by atoms with van der Waals surface area (Å²) in [7, 11) is 0. The van der Waals surface area contributed by atoms with Crippen LogP contribution in [0.3, 0.4) is 0 Å². The summed E-state index contributed by atoms with van der Waals surface area (Å²) < 4.78 is 5.29. The van der Waals surface area contributed by atoms with Crippen molar-refractivity contribution in [2.24, 2.45) is 5.92 Å². The van der Waals surface area contributed by atoms with E-state index in [0.29, 0.717) is 6.42 Å². The topological polar surface area (TPSA) is 46.5 Å². The molecule has 0 aliphatic heterocycles. The van der Waals surface area contributed by atoms with Crippen molar-refractivity contribution in [2.45, 2.75) is 45.8 Å². The summed E-state index contributed by atoms with van der Waals surface area (Å²) in [6, 6.07) is 9.35. The number of ether oxygens (including phenoxy) is 1. The predicted molar refractivity (Wildman–Crippen MR) is 71.0 cm³/mol. The van der Waals surface area contributed by atoms with Crippen LogP contribution >= 0.6 is 0 Å². The Morgan fingerprint density at radius 3 is 2.33 bits per heavy atom. The van der Waals surface area contributed by atoms with Crippen LogP contribution < -0.4 is 0 Å². The second-order valence-electron chi connectivity index (χ2n) is 5.60. The van der Waals surface area contributed by atoms with Crippen LogP contribution in [0.15, 0.2) is 30.3 Å². The molecule has 18 heavy (non-hydrogen) atoms. The van der Waals surface area contributed by atoms with E-state index in [-0.39, 0.29) is 11.9 Å². The molecule has 0 bridgehead atoms. The van der Waals surface area contributed by atoms with Gasteiger partial charge in [0.2, 0.25) is 0 Å². The Morgan fingerprint density at radius 1 is 1.28 bits per heavy atom. The molecule has 0 unspecified atom stereocenters. The summed E-state index contributed by atoms with van der Waals surface area (Å²) in [6.45, 7) is 7.29. The zero-order valence-corrected chi connectivity index (χ0v) is 11.5. The maximum Gasteiger partial charge on any atom is 0.309 e. The van der Waals surface area contributed by atoms with Crippen molar-refractivity contribution in [2.75, 3.05) is 0 Å². The zero-order chi connectivity index (χ0) is 13.8. The van der Waals surface area contributed by atoms with E-state index in [1.54, 1.807) is 6.92 Å². The van der Waals surface area contributed by atoms with Crippen LogP contribution in [0.5, 0.6) is 0 Å². The van der Waals surface area contributed by atoms with E-state index in [9.17, 15) is 9.90 Å². The van der Waals surface area contributed by atoms with Gasteiger partial charge < -0.3 is 9.84 Å². The van der Waals surface area contributed by atoms with Crippen LogP contribution in [-0.2, 0) is 9.53 Å². The summed E-state index contributed by atoms with van der Waals surface area (Å²) >= 11 is 0. The number of rotatable bonds is 4. The average molecular weight is 250 g/mol. The maximum atomic E-state index is 11.8. The molecule has 0 spiro atoms. The molecular formula is C15H22O3. The summed E-state index contributed by atoms with van der Waals surface area (Å²) in [5, 5.41) is 10.0. The number of carbonyl (C=O) groups excluding carboxylic acids is 1. The molecule has 3 nitrogen and oxygen atoms in total. The number of hydrogen-bond acceptors (Lipinski definition) is 3. The lowest BCUT2D eigenvalue weighted by Crippen LogP contribution is -2.28. The zero-order valence-electron chi connectivity index (χ0n) is 11.5. The third-order valence-electron chi connectivity index (χ3n) is 2.57. The second kappa shape index (κ2) is 6.01. The molecule has 0 heterocycles. The van der Waals surface area contributed by atoms with Gasteiger partial charge in [-0.3, -0.25) is 4.79 Å². The van der Waals surface area contributed by atoms with E-state index in [2.05, 4.69) is 0 Å². The van der Waals surface area contributed by atoms with Crippen LogP contribution in [-0.4, -0.2) is 16.7 Å². The minimum atomic E-state index is -0.631. The van der Waals surface area contributed by atoms with Gasteiger partial charge in [-0.1, -0.05) is 37.3 Å². The molecule has 3 heteroatoms. The first kappa shape index (κ1) is 14.7. The quantitative estimate of drug-likeness (QED) is 0.835. The van der Waals surface area contributed by atoms with Crippen molar-refractivity contribution in [3.8, 4) is 0 Å². The van der Waals surface area contributed by atoms with E-state index in [1.807, 2.05) is 51.1 Å². The van der Waals surface area contributed by atoms with Crippen molar-refractivity contribution in [1.29, 1.82) is 0 Å². The molecule has 1 aromatic rings. The van der Waals surface area contributed by atoms with Crippen LogP contribution in [0, 0.1) is 5.92 Å². The standard InChI is InChI=1S/C15H22O3/c1-11(14(17)18-15(2,3)4)10-13(16)12-8-6-5-7-9-12/h5-9,11,13,16H,10H2,1-4H3/t11-,13+/m1/s1. The van der Waals surface area contributed by atoms with E-state index in [1.165, 1.54) is 0 Å². The van der Waals surface area contributed by atoms with Gasteiger partial charge in [0.1, 0.15) is 5.60 Å². The Bertz CT molecular complexity index is 378. The Labute approximate surface area is 109 Å². The summed E-state index contributed by atoms with van der Waals surface area (Å²) in [4.78, 5) is 11.8. The van der Waals surface area contributed by atoms with Crippen LogP contribution in [0.4, 0.5) is 0 Å². The highest BCUT2D eigenvalue weighted by molar-refractivity contribution is 5.72. The second-order valence-corrected chi connectivity index (χ2v) is 5.60. The van der Waals surface area contributed by atoms with Crippen molar-refractivity contribution >= 4 is 5.97 Å². The molecule has 0 amide bonds. The normalized spacial score (nSPS) is 14.9. The van der Waals surface area contributed by atoms with Gasteiger partial charge in [-0.15, -0.1) is 0 Å². The SMILES string of the molecule is C[C@H](C[C@H](O)c1ccccc1)C(=O)OC(C)(C)C. The lowest BCUT2D eigenvalue weighted by Gasteiger charge is -2.23. The maximum absolute atomic E-state index is 11.8. The molecule has 1 aromatic carbocycles. The Kier molecular flexibility index (Phi) is 4.91. The molecule has 2 atom stereocenters. The summed E-state index contributed by atoms with van der Waals surface area (Å²) in [5.41, 5.74) is 0.344. The van der Waals surface area contributed by atoms with Crippen molar-refractivity contribution in [3.05, 3.63) is 35.9 Å². The predicted octanol–water partition coefficient (Wildman–Crippen LogP) is 3.09. The fourth-order valence-electron chi connectivity index (χ4n) is 1.64. The lowest BCUT2D eigenvalue weighted by molar-refractivity contribution is -0.160. The molecule has 1 rings (SSSR count). The molecule has 0 fully saturated rings. The Hall–Kier alpha value is -1.35. The number of aliphatic hydroxyl groups excluding tert-OH is 1. The number of benzene rings is 1. The fourth-order valence-corrected chi connectivity index (χ4v) is 1.64. The fraction of sp³-hybridized carbons (Fsp3) is 0.533. The van der Waals surface area contributed by atoms with E-state index in [0.717, 1.165) is 5.56 Å². The van der Waals surface area contributed by atoms with E-state index < -0.39 is 11.7 Å². The molecule has 0 aliphatic carbocycles. The third-order valence-corrected chi connectivity index (χ3v) is 2.57. The highest BCUT2D eigenvalue weighted by Crippen LogP contribution is 2.23. The molecule has 0 saturated carbocycles. The minimum absolute atomic E-state index is 0.266. The molecule has 0 saturated heterocycles. The Morgan fingerprint density at radius 2 is 1.83 bits per heavy atom.